The van der Waals surface area contributed by atoms with E-state index in [1.807, 2.05) is 48.5 Å². The van der Waals surface area contributed by atoms with Crippen LogP contribution < -0.4 is 20.1 Å². The Morgan fingerprint density at radius 1 is 0.958 bits per heavy atom. The first-order chi connectivity index (χ1) is 11.7. The molecule has 24 heavy (non-hydrogen) atoms. The zero-order valence-corrected chi connectivity index (χ0v) is 14.2. The number of benzene rings is 2. The fourth-order valence-corrected chi connectivity index (χ4v) is 2.34. The van der Waals surface area contributed by atoms with Crippen molar-refractivity contribution in [2.45, 2.75) is 12.8 Å². The van der Waals surface area contributed by atoms with Crippen LogP contribution in [0.15, 0.2) is 48.5 Å². The smallest absolute Gasteiger partial charge is 0.225 e. The SMILES string of the molecule is COc1ccc(CCNCCC(=O)Nc2ccccc2)cc1OC. The summed E-state index contributed by atoms with van der Waals surface area (Å²) in [6, 6.07) is 15.4. The van der Waals surface area contributed by atoms with Gasteiger partial charge in [-0.3, -0.25) is 4.79 Å². The lowest BCUT2D eigenvalue weighted by Gasteiger charge is -2.10. The summed E-state index contributed by atoms with van der Waals surface area (Å²) in [6.45, 7) is 1.44. The predicted octanol–water partition coefficient (Wildman–Crippen LogP) is 2.86. The zero-order chi connectivity index (χ0) is 17.2. The van der Waals surface area contributed by atoms with Gasteiger partial charge in [0.25, 0.3) is 0 Å². The Hall–Kier alpha value is -2.53. The Labute approximate surface area is 143 Å². The molecule has 0 bridgehead atoms. The van der Waals surface area contributed by atoms with E-state index in [0.717, 1.165) is 35.7 Å². The molecule has 2 rings (SSSR count). The second kappa shape index (κ2) is 9.57. The van der Waals surface area contributed by atoms with Crippen molar-refractivity contribution < 1.29 is 14.3 Å². The van der Waals surface area contributed by atoms with E-state index in [4.69, 9.17) is 9.47 Å². The topological polar surface area (TPSA) is 59.6 Å². The number of rotatable bonds is 9. The van der Waals surface area contributed by atoms with Crippen LogP contribution in [-0.4, -0.2) is 33.2 Å². The van der Waals surface area contributed by atoms with Crippen LogP contribution in [0, 0.1) is 0 Å². The van der Waals surface area contributed by atoms with Crippen LogP contribution in [0.3, 0.4) is 0 Å². The molecule has 128 valence electrons. The second-order valence-corrected chi connectivity index (χ2v) is 5.35. The molecule has 2 N–H and O–H groups in total. The van der Waals surface area contributed by atoms with Crippen LogP contribution in [0.5, 0.6) is 11.5 Å². The average Bonchev–Trinajstić information content (AvgIpc) is 2.62. The minimum atomic E-state index is 0.0137. The van der Waals surface area contributed by atoms with Crippen molar-refractivity contribution in [1.82, 2.24) is 5.32 Å². The zero-order valence-electron chi connectivity index (χ0n) is 14.2. The molecule has 5 nitrogen and oxygen atoms in total. The van der Waals surface area contributed by atoms with Crippen molar-refractivity contribution in [3.63, 3.8) is 0 Å². The Balaban J connectivity index is 1.67. The van der Waals surface area contributed by atoms with Crippen LogP contribution >= 0.6 is 0 Å². The third-order valence-corrected chi connectivity index (χ3v) is 3.62. The highest BCUT2D eigenvalue weighted by Gasteiger charge is 2.05. The van der Waals surface area contributed by atoms with Gasteiger partial charge in [-0.05, 0) is 42.8 Å². The minimum Gasteiger partial charge on any atom is -0.493 e. The minimum absolute atomic E-state index is 0.0137. The monoisotopic (exact) mass is 328 g/mol. The molecule has 0 radical (unpaired) electrons. The fraction of sp³-hybridized carbons (Fsp3) is 0.316. The lowest BCUT2D eigenvalue weighted by Crippen LogP contribution is -2.23. The molecule has 0 aromatic heterocycles. The molecule has 0 aliphatic carbocycles. The van der Waals surface area contributed by atoms with Crippen molar-refractivity contribution in [2.75, 3.05) is 32.6 Å². The summed E-state index contributed by atoms with van der Waals surface area (Å²) in [7, 11) is 3.25. The van der Waals surface area contributed by atoms with Gasteiger partial charge in [0.05, 0.1) is 14.2 Å². The number of ether oxygens (including phenoxy) is 2. The van der Waals surface area contributed by atoms with Gasteiger partial charge >= 0.3 is 0 Å². The van der Waals surface area contributed by atoms with Gasteiger partial charge in [0.15, 0.2) is 11.5 Å². The average molecular weight is 328 g/mol. The quantitative estimate of drug-likeness (QED) is 0.695. The molecule has 0 fully saturated rings. The molecule has 2 aromatic carbocycles. The summed E-state index contributed by atoms with van der Waals surface area (Å²) in [5.74, 6) is 1.48. The van der Waals surface area contributed by atoms with Crippen molar-refractivity contribution in [3.8, 4) is 11.5 Å². The van der Waals surface area contributed by atoms with Crippen LogP contribution in [0.2, 0.25) is 0 Å². The number of hydrogen-bond acceptors (Lipinski definition) is 4. The molecule has 0 unspecified atom stereocenters. The van der Waals surface area contributed by atoms with E-state index in [2.05, 4.69) is 10.6 Å². The molecule has 0 atom stereocenters. The highest BCUT2D eigenvalue weighted by molar-refractivity contribution is 5.90. The number of carbonyl (C=O) groups is 1. The first-order valence-corrected chi connectivity index (χ1v) is 7.99. The molecular formula is C19H24N2O3. The maximum Gasteiger partial charge on any atom is 0.225 e. The number of para-hydroxylation sites is 1. The molecule has 5 heteroatoms. The van der Waals surface area contributed by atoms with Gasteiger partial charge in [0.2, 0.25) is 5.91 Å². The third-order valence-electron chi connectivity index (χ3n) is 3.62. The summed E-state index contributed by atoms with van der Waals surface area (Å²) < 4.78 is 10.5. The number of carbonyl (C=O) groups excluding carboxylic acids is 1. The number of anilines is 1. The van der Waals surface area contributed by atoms with E-state index in [1.165, 1.54) is 0 Å². The van der Waals surface area contributed by atoms with Gasteiger partial charge in [-0.15, -0.1) is 0 Å². The largest absolute Gasteiger partial charge is 0.493 e. The maximum atomic E-state index is 11.8. The van der Waals surface area contributed by atoms with Gasteiger partial charge in [-0.25, -0.2) is 0 Å². The van der Waals surface area contributed by atoms with E-state index in [1.54, 1.807) is 14.2 Å². The van der Waals surface area contributed by atoms with Crippen LogP contribution in [0.25, 0.3) is 0 Å². The van der Waals surface area contributed by atoms with Crippen LogP contribution in [0.1, 0.15) is 12.0 Å². The normalized spacial score (nSPS) is 10.2. The Bertz CT molecular complexity index is 644. The Kier molecular flexibility index (Phi) is 7.11. The summed E-state index contributed by atoms with van der Waals surface area (Å²) in [5, 5.41) is 6.15. The van der Waals surface area contributed by atoms with E-state index >= 15 is 0 Å². The molecule has 0 saturated carbocycles. The third kappa shape index (κ3) is 5.59. The molecule has 1 amide bonds. The van der Waals surface area contributed by atoms with Gasteiger partial charge in [0, 0.05) is 18.7 Å². The number of nitrogens with one attached hydrogen (secondary N) is 2. The lowest BCUT2D eigenvalue weighted by molar-refractivity contribution is -0.116. The van der Waals surface area contributed by atoms with E-state index in [0.29, 0.717) is 13.0 Å². The van der Waals surface area contributed by atoms with Crippen molar-refractivity contribution in [1.29, 1.82) is 0 Å². The first kappa shape index (κ1) is 17.8. The fourth-order valence-electron chi connectivity index (χ4n) is 2.34. The predicted molar refractivity (Wildman–Crippen MR) is 95.8 cm³/mol. The van der Waals surface area contributed by atoms with Gasteiger partial charge < -0.3 is 20.1 Å². The number of hydrogen-bond donors (Lipinski definition) is 2. The molecule has 0 aliphatic rings. The molecule has 0 aliphatic heterocycles. The molecular weight excluding hydrogens is 304 g/mol. The summed E-state index contributed by atoms with van der Waals surface area (Å²) in [4.78, 5) is 11.8. The van der Waals surface area contributed by atoms with Gasteiger partial charge in [-0.1, -0.05) is 24.3 Å². The summed E-state index contributed by atoms with van der Waals surface area (Å²) >= 11 is 0. The molecule has 0 spiro atoms. The van der Waals surface area contributed by atoms with E-state index in [9.17, 15) is 4.79 Å². The van der Waals surface area contributed by atoms with Crippen molar-refractivity contribution in [3.05, 3.63) is 54.1 Å². The summed E-state index contributed by atoms with van der Waals surface area (Å²) in [5.41, 5.74) is 1.99. The van der Waals surface area contributed by atoms with Crippen molar-refractivity contribution >= 4 is 11.6 Å². The molecule has 2 aromatic rings. The Morgan fingerprint density at radius 3 is 2.42 bits per heavy atom. The Morgan fingerprint density at radius 2 is 1.71 bits per heavy atom. The van der Waals surface area contributed by atoms with Crippen LogP contribution in [0.4, 0.5) is 5.69 Å². The highest BCUT2D eigenvalue weighted by Crippen LogP contribution is 2.27. The second-order valence-electron chi connectivity index (χ2n) is 5.35. The molecule has 0 heterocycles. The van der Waals surface area contributed by atoms with Gasteiger partial charge in [-0.2, -0.15) is 0 Å². The standard InChI is InChI=1S/C19H24N2O3/c1-23-17-9-8-15(14-18(17)24-2)10-12-20-13-11-19(22)21-16-6-4-3-5-7-16/h3-9,14,20H,10-13H2,1-2H3,(H,21,22). The van der Waals surface area contributed by atoms with E-state index in [-0.39, 0.29) is 5.91 Å². The van der Waals surface area contributed by atoms with Crippen molar-refractivity contribution in [2.24, 2.45) is 0 Å². The number of methoxy groups -OCH3 is 2. The maximum absolute atomic E-state index is 11.8. The number of amides is 1. The summed E-state index contributed by atoms with van der Waals surface area (Å²) in [6.07, 6.45) is 1.31. The van der Waals surface area contributed by atoms with E-state index < -0.39 is 0 Å². The molecule has 0 saturated heterocycles. The highest BCUT2D eigenvalue weighted by atomic mass is 16.5. The van der Waals surface area contributed by atoms with Crippen LogP contribution in [-0.2, 0) is 11.2 Å². The van der Waals surface area contributed by atoms with Gasteiger partial charge in [0.1, 0.15) is 0 Å². The lowest BCUT2D eigenvalue weighted by atomic mass is 10.1. The first-order valence-electron chi connectivity index (χ1n) is 7.99.